The monoisotopic (exact) mass is 282 g/mol. The third kappa shape index (κ3) is 3.73. The number of nitrogens with two attached hydrogens (primary N) is 1. The Morgan fingerprint density at radius 3 is 2.89 bits per heavy atom. The van der Waals surface area contributed by atoms with E-state index in [9.17, 15) is 0 Å². The maximum absolute atomic E-state index is 6.08. The second-order valence-corrected chi connectivity index (χ2v) is 5.56. The van der Waals surface area contributed by atoms with Gasteiger partial charge in [0.05, 0.1) is 10.7 Å². The van der Waals surface area contributed by atoms with E-state index in [1.54, 1.807) is 16.4 Å². The van der Waals surface area contributed by atoms with Crippen LogP contribution in [-0.4, -0.2) is 26.8 Å². The minimum Gasteiger partial charge on any atom is -0.327 e. The fourth-order valence-electron chi connectivity index (χ4n) is 1.57. The molecular weight excluding hydrogens is 268 g/mol. The molecule has 2 rings (SSSR count). The van der Waals surface area contributed by atoms with Crippen LogP contribution in [-0.2, 0) is 13.5 Å². The molecule has 0 bridgehead atoms. The summed E-state index contributed by atoms with van der Waals surface area (Å²) in [6.07, 6.45) is 2.62. The van der Waals surface area contributed by atoms with Crippen LogP contribution in [0.25, 0.3) is 0 Å². The largest absolute Gasteiger partial charge is 0.327 e. The van der Waals surface area contributed by atoms with E-state index >= 15 is 0 Å². The molecule has 0 spiro atoms. The van der Waals surface area contributed by atoms with Crippen LogP contribution in [0, 0.1) is 0 Å². The summed E-state index contributed by atoms with van der Waals surface area (Å²) >= 11 is 7.75. The van der Waals surface area contributed by atoms with Gasteiger partial charge < -0.3 is 5.73 Å². The molecular formula is C12H15ClN4S. The van der Waals surface area contributed by atoms with Gasteiger partial charge in [0.2, 0.25) is 0 Å². The smallest absolute Gasteiger partial charge is 0.0842 e. The van der Waals surface area contributed by atoms with Gasteiger partial charge in [-0.3, -0.25) is 4.68 Å². The number of aryl methyl sites for hydroxylation is 1. The first-order chi connectivity index (χ1) is 8.65. The molecule has 0 saturated carbocycles. The SMILES string of the molecule is Cn1cc(CC(N)CSc2ccccc2Cl)nn1. The zero-order chi connectivity index (χ0) is 13.0. The summed E-state index contributed by atoms with van der Waals surface area (Å²) in [5.74, 6) is 0.806. The van der Waals surface area contributed by atoms with Crippen LogP contribution < -0.4 is 5.73 Å². The summed E-state index contributed by atoms with van der Waals surface area (Å²) in [5.41, 5.74) is 6.99. The number of halogens is 1. The number of nitrogens with zero attached hydrogens (tertiary/aromatic N) is 3. The van der Waals surface area contributed by atoms with E-state index in [1.165, 1.54) is 0 Å². The molecule has 0 aliphatic carbocycles. The fraction of sp³-hybridized carbons (Fsp3) is 0.333. The van der Waals surface area contributed by atoms with Gasteiger partial charge in [-0.05, 0) is 12.1 Å². The number of hydrogen-bond donors (Lipinski definition) is 1. The Labute approximate surface area is 116 Å². The van der Waals surface area contributed by atoms with E-state index in [1.807, 2.05) is 37.5 Å². The summed E-state index contributed by atoms with van der Waals surface area (Å²) in [6.45, 7) is 0. The standard InChI is InChI=1S/C12H15ClN4S/c1-17-7-10(15-16-17)6-9(14)8-18-12-5-3-2-4-11(12)13/h2-5,7,9H,6,8,14H2,1H3. The van der Waals surface area contributed by atoms with Gasteiger partial charge >= 0.3 is 0 Å². The van der Waals surface area contributed by atoms with Crippen LogP contribution in [0.2, 0.25) is 5.02 Å². The van der Waals surface area contributed by atoms with E-state index in [0.29, 0.717) is 0 Å². The average molecular weight is 283 g/mol. The average Bonchev–Trinajstić information content (AvgIpc) is 2.74. The number of aromatic nitrogens is 3. The first-order valence-corrected chi connectivity index (χ1v) is 6.99. The molecule has 2 N–H and O–H groups in total. The highest BCUT2D eigenvalue weighted by molar-refractivity contribution is 7.99. The van der Waals surface area contributed by atoms with Gasteiger partial charge in [0.25, 0.3) is 0 Å². The van der Waals surface area contributed by atoms with Crippen molar-refractivity contribution in [2.75, 3.05) is 5.75 Å². The highest BCUT2D eigenvalue weighted by Gasteiger charge is 2.09. The quantitative estimate of drug-likeness (QED) is 0.854. The summed E-state index contributed by atoms with van der Waals surface area (Å²) in [5, 5.41) is 8.68. The van der Waals surface area contributed by atoms with Gasteiger partial charge in [-0.1, -0.05) is 28.9 Å². The lowest BCUT2D eigenvalue weighted by Crippen LogP contribution is -2.25. The third-order valence-electron chi connectivity index (χ3n) is 2.41. The first kappa shape index (κ1) is 13.4. The molecule has 96 valence electrons. The zero-order valence-electron chi connectivity index (χ0n) is 10.1. The van der Waals surface area contributed by atoms with Gasteiger partial charge in [-0.2, -0.15) is 0 Å². The molecule has 1 atom stereocenters. The molecule has 2 aromatic rings. The van der Waals surface area contributed by atoms with Gasteiger partial charge in [0, 0.05) is 36.4 Å². The van der Waals surface area contributed by atoms with E-state index in [-0.39, 0.29) is 6.04 Å². The van der Waals surface area contributed by atoms with Crippen molar-refractivity contribution in [1.29, 1.82) is 0 Å². The van der Waals surface area contributed by atoms with Crippen LogP contribution in [0.15, 0.2) is 35.4 Å². The fourth-order valence-corrected chi connectivity index (χ4v) is 2.77. The minimum absolute atomic E-state index is 0.0444. The molecule has 6 heteroatoms. The molecule has 0 aliphatic rings. The molecule has 18 heavy (non-hydrogen) atoms. The second-order valence-electron chi connectivity index (χ2n) is 4.09. The summed E-state index contributed by atoms with van der Waals surface area (Å²) < 4.78 is 1.68. The Bertz CT molecular complexity index is 514. The van der Waals surface area contributed by atoms with Crippen molar-refractivity contribution in [2.24, 2.45) is 12.8 Å². The predicted molar refractivity (Wildman–Crippen MR) is 74.9 cm³/mol. The summed E-state index contributed by atoms with van der Waals surface area (Å²) in [4.78, 5) is 1.06. The molecule has 0 amide bonds. The molecule has 0 fully saturated rings. The number of thioether (sulfide) groups is 1. The summed E-state index contributed by atoms with van der Waals surface area (Å²) in [6, 6.07) is 7.83. The van der Waals surface area contributed by atoms with Crippen molar-refractivity contribution in [2.45, 2.75) is 17.4 Å². The van der Waals surface area contributed by atoms with Gasteiger partial charge in [0.15, 0.2) is 0 Å². The lowest BCUT2D eigenvalue weighted by molar-refractivity contribution is 0.704. The van der Waals surface area contributed by atoms with E-state index in [2.05, 4.69) is 10.3 Å². The molecule has 4 nitrogen and oxygen atoms in total. The molecule has 1 aromatic heterocycles. The van der Waals surface area contributed by atoms with E-state index < -0.39 is 0 Å². The number of rotatable bonds is 5. The van der Waals surface area contributed by atoms with Crippen molar-refractivity contribution in [3.05, 3.63) is 41.2 Å². The molecule has 0 aliphatic heterocycles. The molecule has 1 unspecified atom stereocenters. The van der Waals surface area contributed by atoms with Crippen molar-refractivity contribution >= 4 is 23.4 Å². The Hall–Kier alpha value is -1.04. The Morgan fingerprint density at radius 1 is 1.44 bits per heavy atom. The minimum atomic E-state index is 0.0444. The lowest BCUT2D eigenvalue weighted by Gasteiger charge is -2.09. The maximum atomic E-state index is 6.08. The predicted octanol–water partition coefficient (Wildman–Crippen LogP) is 2.13. The molecule has 1 heterocycles. The molecule has 0 radical (unpaired) electrons. The maximum Gasteiger partial charge on any atom is 0.0842 e. The zero-order valence-corrected chi connectivity index (χ0v) is 11.7. The first-order valence-electron chi connectivity index (χ1n) is 5.63. The lowest BCUT2D eigenvalue weighted by atomic mass is 10.2. The van der Waals surface area contributed by atoms with Gasteiger partial charge in [0.1, 0.15) is 0 Å². The molecule has 0 saturated heterocycles. The van der Waals surface area contributed by atoms with E-state index in [4.69, 9.17) is 17.3 Å². The van der Waals surface area contributed by atoms with Crippen LogP contribution in [0.5, 0.6) is 0 Å². The summed E-state index contributed by atoms with van der Waals surface area (Å²) in [7, 11) is 1.85. The van der Waals surface area contributed by atoms with Gasteiger partial charge in [-0.25, -0.2) is 0 Å². The van der Waals surface area contributed by atoms with Crippen LogP contribution >= 0.6 is 23.4 Å². The number of hydrogen-bond acceptors (Lipinski definition) is 4. The Morgan fingerprint density at radius 2 is 2.22 bits per heavy atom. The number of benzene rings is 1. The topological polar surface area (TPSA) is 56.7 Å². The molecule has 1 aromatic carbocycles. The highest BCUT2D eigenvalue weighted by Crippen LogP contribution is 2.26. The van der Waals surface area contributed by atoms with Crippen LogP contribution in [0.1, 0.15) is 5.69 Å². The van der Waals surface area contributed by atoms with Crippen molar-refractivity contribution in [3.63, 3.8) is 0 Å². The van der Waals surface area contributed by atoms with Gasteiger partial charge in [-0.15, -0.1) is 16.9 Å². The third-order valence-corrected chi connectivity index (χ3v) is 4.11. The highest BCUT2D eigenvalue weighted by atomic mass is 35.5. The second kappa shape index (κ2) is 6.22. The van der Waals surface area contributed by atoms with Crippen molar-refractivity contribution in [3.8, 4) is 0 Å². The Kier molecular flexibility index (Phi) is 4.63. The Balaban J connectivity index is 1.85. The van der Waals surface area contributed by atoms with E-state index in [0.717, 1.165) is 27.8 Å². The van der Waals surface area contributed by atoms with Crippen molar-refractivity contribution < 1.29 is 0 Å². The van der Waals surface area contributed by atoms with Crippen LogP contribution in [0.4, 0.5) is 0 Å². The normalized spacial score (nSPS) is 12.6. The van der Waals surface area contributed by atoms with Crippen LogP contribution in [0.3, 0.4) is 0 Å². The van der Waals surface area contributed by atoms with Crippen molar-refractivity contribution in [1.82, 2.24) is 15.0 Å².